The first-order valence-corrected chi connectivity index (χ1v) is 6.36. The van der Waals surface area contributed by atoms with E-state index >= 15 is 0 Å². The van der Waals surface area contributed by atoms with Crippen LogP contribution in [0.1, 0.15) is 12.5 Å². The van der Waals surface area contributed by atoms with E-state index in [-0.39, 0.29) is 22.3 Å². The molecule has 102 valence electrons. The Hall–Kier alpha value is -1.65. The van der Waals surface area contributed by atoms with Crippen LogP contribution in [0.15, 0.2) is 12.1 Å². The smallest absolute Gasteiger partial charge is 0.256 e. The number of ether oxygens (including phenoxy) is 1. The highest BCUT2D eigenvalue weighted by Crippen LogP contribution is 2.28. The van der Waals surface area contributed by atoms with Gasteiger partial charge in [0.05, 0.1) is 18.4 Å². The van der Waals surface area contributed by atoms with E-state index in [9.17, 15) is 14.3 Å². The Kier molecular flexibility index (Phi) is 4.86. The third-order valence-electron chi connectivity index (χ3n) is 2.42. The van der Waals surface area contributed by atoms with Crippen molar-refractivity contribution in [2.75, 3.05) is 17.8 Å². The number of aliphatic hydroxyl groups is 1. The molecule has 0 bridgehead atoms. The van der Waals surface area contributed by atoms with Crippen molar-refractivity contribution in [3.05, 3.63) is 23.5 Å². The highest BCUT2D eigenvalue weighted by molar-refractivity contribution is 9.09. The maximum absolute atomic E-state index is 14.0. The Morgan fingerprint density at radius 2 is 2.32 bits per heavy atom. The minimum Gasteiger partial charge on any atom is -0.492 e. The molecule has 1 atom stereocenters. The van der Waals surface area contributed by atoms with E-state index < -0.39 is 17.3 Å². The van der Waals surface area contributed by atoms with Crippen LogP contribution in [0.4, 0.5) is 10.1 Å². The molecule has 0 unspecified atom stereocenters. The zero-order valence-corrected chi connectivity index (χ0v) is 11.9. The van der Waals surface area contributed by atoms with Gasteiger partial charge in [0.2, 0.25) is 0 Å². The van der Waals surface area contributed by atoms with Crippen LogP contribution >= 0.6 is 15.9 Å². The van der Waals surface area contributed by atoms with Gasteiger partial charge in [0, 0.05) is 5.33 Å². The van der Waals surface area contributed by atoms with Gasteiger partial charge >= 0.3 is 0 Å². The summed E-state index contributed by atoms with van der Waals surface area (Å²) in [5.41, 5.74) is -1.82. The molecule has 0 aliphatic carbocycles. The van der Waals surface area contributed by atoms with Crippen molar-refractivity contribution in [3.8, 4) is 11.8 Å². The monoisotopic (exact) mass is 330 g/mol. The molecule has 7 heteroatoms. The van der Waals surface area contributed by atoms with Gasteiger partial charge in [-0.25, -0.2) is 4.39 Å². The summed E-state index contributed by atoms with van der Waals surface area (Å²) in [7, 11) is 1.22. The van der Waals surface area contributed by atoms with Crippen molar-refractivity contribution in [1.29, 1.82) is 5.26 Å². The second-order valence-corrected chi connectivity index (χ2v) is 4.54. The van der Waals surface area contributed by atoms with E-state index in [4.69, 9.17) is 10.00 Å². The van der Waals surface area contributed by atoms with E-state index in [0.717, 1.165) is 0 Å². The number of amides is 1. The van der Waals surface area contributed by atoms with Gasteiger partial charge < -0.3 is 15.2 Å². The molecule has 1 aromatic rings. The molecule has 0 spiro atoms. The average Bonchev–Trinajstić information content (AvgIpc) is 2.40. The van der Waals surface area contributed by atoms with Crippen LogP contribution in [-0.2, 0) is 4.79 Å². The maximum atomic E-state index is 14.0. The number of rotatable bonds is 4. The summed E-state index contributed by atoms with van der Waals surface area (Å²) in [5.74, 6) is -1.88. The highest BCUT2D eigenvalue weighted by Gasteiger charge is 2.30. The molecule has 1 rings (SSSR count). The fourth-order valence-corrected chi connectivity index (χ4v) is 1.51. The Labute approximate surface area is 118 Å². The van der Waals surface area contributed by atoms with Crippen LogP contribution in [0.25, 0.3) is 0 Å². The molecular weight excluding hydrogens is 319 g/mol. The fraction of sp³-hybridized carbons (Fsp3) is 0.333. The number of carbonyl (C=O) groups is 1. The van der Waals surface area contributed by atoms with Crippen molar-refractivity contribution in [2.45, 2.75) is 12.5 Å². The number of hydrogen-bond acceptors (Lipinski definition) is 4. The molecule has 19 heavy (non-hydrogen) atoms. The lowest BCUT2D eigenvalue weighted by molar-refractivity contribution is -0.130. The van der Waals surface area contributed by atoms with Gasteiger partial charge in [-0.3, -0.25) is 4.79 Å². The van der Waals surface area contributed by atoms with Crippen LogP contribution < -0.4 is 10.1 Å². The number of methoxy groups -OCH3 is 1. The zero-order chi connectivity index (χ0) is 14.6. The maximum Gasteiger partial charge on any atom is 0.256 e. The largest absolute Gasteiger partial charge is 0.492 e. The molecule has 0 aliphatic rings. The first kappa shape index (κ1) is 15.4. The predicted octanol–water partition coefficient (Wildman–Crippen LogP) is 1.79. The van der Waals surface area contributed by atoms with Crippen LogP contribution in [-0.4, -0.2) is 29.1 Å². The Balaban J connectivity index is 3.11. The molecule has 0 fully saturated rings. The molecule has 0 aromatic heterocycles. The summed E-state index contributed by atoms with van der Waals surface area (Å²) in [6.07, 6.45) is 0. The fourth-order valence-electron chi connectivity index (χ4n) is 1.26. The Bertz CT molecular complexity index is 541. The molecule has 0 saturated carbocycles. The van der Waals surface area contributed by atoms with Gasteiger partial charge in [-0.2, -0.15) is 5.26 Å². The normalized spacial score (nSPS) is 13.3. The standard InChI is InChI=1S/C12H12BrFN2O3/c1-12(18,6-13)11(17)16-8-4-3-7(5-15)10(19-2)9(8)14/h3-4,18H,6H2,1-2H3,(H,16,17)/t12-/m0/s1. The molecule has 1 amide bonds. The molecule has 5 nitrogen and oxygen atoms in total. The summed E-state index contributed by atoms with van der Waals surface area (Å²) in [4.78, 5) is 11.7. The van der Waals surface area contributed by atoms with Gasteiger partial charge in [0.15, 0.2) is 11.6 Å². The number of nitrogens with one attached hydrogen (secondary N) is 1. The summed E-state index contributed by atoms with van der Waals surface area (Å²) in [6, 6.07) is 4.33. The number of nitrogens with zero attached hydrogens (tertiary/aromatic N) is 1. The molecular formula is C12H12BrFN2O3. The van der Waals surface area contributed by atoms with Gasteiger partial charge in [-0.05, 0) is 19.1 Å². The highest BCUT2D eigenvalue weighted by atomic mass is 79.9. The second-order valence-electron chi connectivity index (χ2n) is 3.98. The van der Waals surface area contributed by atoms with Gasteiger partial charge in [0.25, 0.3) is 5.91 Å². The number of benzene rings is 1. The number of hydrogen-bond donors (Lipinski definition) is 2. The average molecular weight is 331 g/mol. The summed E-state index contributed by atoms with van der Waals surface area (Å²) >= 11 is 2.98. The van der Waals surface area contributed by atoms with Crippen LogP contribution in [0, 0.1) is 17.1 Å². The lowest BCUT2D eigenvalue weighted by atomic mass is 10.1. The van der Waals surface area contributed by atoms with E-state index in [1.807, 2.05) is 0 Å². The van der Waals surface area contributed by atoms with Gasteiger partial charge in [-0.1, -0.05) is 15.9 Å². The van der Waals surface area contributed by atoms with E-state index in [1.54, 1.807) is 6.07 Å². The number of alkyl halides is 1. The molecule has 1 aromatic carbocycles. The minimum atomic E-state index is -1.67. The second kappa shape index (κ2) is 5.99. The molecule has 0 saturated heterocycles. The molecule has 0 aliphatic heterocycles. The van der Waals surface area contributed by atoms with Gasteiger partial charge in [0.1, 0.15) is 11.7 Å². The number of anilines is 1. The van der Waals surface area contributed by atoms with Crippen molar-refractivity contribution in [1.82, 2.24) is 0 Å². The van der Waals surface area contributed by atoms with Crippen molar-refractivity contribution in [2.24, 2.45) is 0 Å². The number of carbonyl (C=O) groups excluding carboxylic acids is 1. The van der Waals surface area contributed by atoms with Crippen molar-refractivity contribution in [3.63, 3.8) is 0 Å². The Morgan fingerprint density at radius 1 is 1.68 bits per heavy atom. The molecule has 2 N–H and O–H groups in total. The third kappa shape index (κ3) is 3.22. The van der Waals surface area contributed by atoms with Crippen molar-refractivity contribution >= 4 is 27.5 Å². The summed E-state index contributed by atoms with van der Waals surface area (Å²) in [5, 5.41) is 20.7. The topological polar surface area (TPSA) is 82.3 Å². The quantitative estimate of drug-likeness (QED) is 0.824. The van der Waals surface area contributed by atoms with Crippen LogP contribution in [0.5, 0.6) is 5.75 Å². The SMILES string of the molecule is COc1c(C#N)ccc(NC(=O)[C@@](C)(O)CBr)c1F. The lowest BCUT2D eigenvalue weighted by Gasteiger charge is -2.20. The van der Waals surface area contributed by atoms with Gasteiger partial charge in [-0.15, -0.1) is 0 Å². The first-order chi connectivity index (χ1) is 8.87. The number of nitriles is 1. The minimum absolute atomic E-state index is 0.000860. The van der Waals surface area contributed by atoms with E-state index in [2.05, 4.69) is 21.2 Å². The third-order valence-corrected chi connectivity index (χ3v) is 3.51. The first-order valence-electron chi connectivity index (χ1n) is 5.23. The van der Waals surface area contributed by atoms with E-state index in [0.29, 0.717) is 0 Å². The van der Waals surface area contributed by atoms with E-state index in [1.165, 1.54) is 26.2 Å². The summed E-state index contributed by atoms with van der Waals surface area (Å²) < 4.78 is 18.8. The number of halogens is 2. The zero-order valence-electron chi connectivity index (χ0n) is 10.3. The Morgan fingerprint density at radius 3 is 2.79 bits per heavy atom. The summed E-state index contributed by atoms with van der Waals surface area (Å²) in [6.45, 7) is 1.29. The lowest BCUT2D eigenvalue weighted by Crippen LogP contribution is -2.41. The molecule has 0 radical (unpaired) electrons. The van der Waals surface area contributed by atoms with Crippen LogP contribution in [0.2, 0.25) is 0 Å². The molecule has 0 heterocycles. The van der Waals surface area contributed by atoms with Crippen LogP contribution in [0.3, 0.4) is 0 Å². The van der Waals surface area contributed by atoms with Crippen molar-refractivity contribution < 1.29 is 19.0 Å². The predicted molar refractivity (Wildman–Crippen MR) is 70.7 cm³/mol.